The van der Waals surface area contributed by atoms with Gasteiger partial charge in [-0.2, -0.15) is 4.98 Å². The summed E-state index contributed by atoms with van der Waals surface area (Å²) in [6.45, 7) is 3.85. The highest BCUT2D eigenvalue weighted by Crippen LogP contribution is 2.23. The Morgan fingerprint density at radius 3 is 2.86 bits per heavy atom. The molecule has 4 rings (SSSR count). The topological polar surface area (TPSA) is 80.5 Å². The van der Waals surface area contributed by atoms with Crippen LogP contribution in [0.5, 0.6) is 0 Å². The molecule has 29 heavy (non-hydrogen) atoms. The van der Waals surface area contributed by atoms with Gasteiger partial charge in [0.1, 0.15) is 0 Å². The van der Waals surface area contributed by atoms with E-state index in [4.69, 9.17) is 9.26 Å². The van der Waals surface area contributed by atoms with Crippen LogP contribution in [0, 0.1) is 5.92 Å². The molecule has 158 valence electrons. The maximum absolute atomic E-state index is 12.4. The third kappa shape index (κ3) is 5.87. The van der Waals surface area contributed by atoms with Crippen LogP contribution in [0.1, 0.15) is 50.8 Å². The number of nitrogens with one attached hydrogen (secondary N) is 1. The summed E-state index contributed by atoms with van der Waals surface area (Å²) in [4.78, 5) is 20.2. The molecular weight excluding hydrogens is 388 g/mol. The summed E-state index contributed by atoms with van der Waals surface area (Å²) in [7, 11) is 0. The molecule has 0 aromatic carbocycles. The molecule has 3 heterocycles. The van der Waals surface area contributed by atoms with Gasteiger partial charge >= 0.3 is 0 Å². The normalized spacial score (nSPS) is 19.0. The van der Waals surface area contributed by atoms with E-state index in [1.165, 1.54) is 25.7 Å². The molecule has 2 fully saturated rings. The molecule has 1 aliphatic heterocycles. The summed E-state index contributed by atoms with van der Waals surface area (Å²) in [5.41, 5.74) is 0. The summed E-state index contributed by atoms with van der Waals surface area (Å²) >= 11 is 1.60. The fraction of sp³-hybridized carbons (Fsp3) is 0.667. The second kappa shape index (κ2) is 10.3. The highest BCUT2D eigenvalue weighted by Gasteiger charge is 2.26. The van der Waals surface area contributed by atoms with Crippen molar-refractivity contribution in [1.82, 2.24) is 20.4 Å². The number of likely N-dealkylation sites (tertiary alicyclic amines) is 1. The van der Waals surface area contributed by atoms with E-state index in [9.17, 15) is 4.79 Å². The second-order valence-electron chi connectivity index (χ2n) is 7.96. The first-order valence-electron chi connectivity index (χ1n) is 10.8. The fourth-order valence-corrected chi connectivity index (χ4v) is 4.75. The van der Waals surface area contributed by atoms with Gasteiger partial charge in [0, 0.05) is 19.1 Å². The molecule has 2 aliphatic rings. The van der Waals surface area contributed by atoms with Crippen LogP contribution < -0.4 is 5.32 Å². The summed E-state index contributed by atoms with van der Waals surface area (Å²) in [5.74, 6) is 1.58. The van der Waals surface area contributed by atoms with E-state index in [1.807, 2.05) is 17.5 Å². The van der Waals surface area contributed by atoms with Gasteiger partial charge in [-0.25, -0.2) is 0 Å². The van der Waals surface area contributed by atoms with E-state index in [1.54, 1.807) is 11.3 Å². The number of amides is 1. The van der Waals surface area contributed by atoms with Gasteiger partial charge in [0.15, 0.2) is 0 Å². The lowest BCUT2D eigenvalue weighted by Gasteiger charge is -2.30. The second-order valence-corrected chi connectivity index (χ2v) is 8.91. The Bertz CT molecular complexity index is 750. The Balaban J connectivity index is 1.11. The zero-order chi connectivity index (χ0) is 19.9. The zero-order valence-electron chi connectivity index (χ0n) is 16.8. The van der Waals surface area contributed by atoms with Gasteiger partial charge in [-0.3, -0.25) is 9.69 Å². The number of rotatable bonds is 9. The van der Waals surface area contributed by atoms with E-state index < -0.39 is 0 Å². The van der Waals surface area contributed by atoms with Crippen molar-refractivity contribution in [3.8, 4) is 10.7 Å². The van der Waals surface area contributed by atoms with Crippen LogP contribution in [0.4, 0.5) is 0 Å². The number of nitrogens with zero attached hydrogens (tertiary/aromatic N) is 3. The molecule has 1 N–H and O–H groups in total. The van der Waals surface area contributed by atoms with Crippen molar-refractivity contribution in [3.63, 3.8) is 0 Å². The molecule has 0 radical (unpaired) electrons. The lowest BCUT2D eigenvalue weighted by atomic mass is 9.96. The smallest absolute Gasteiger partial charge is 0.241 e. The Kier molecular flexibility index (Phi) is 7.29. The van der Waals surface area contributed by atoms with Crippen molar-refractivity contribution in [2.24, 2.45) is 5.92 Å². The Hall–Kier alpha value is -1.77. The predicted molar refractivity (Wildman–Crippen MR) is 111 cm³/mol. The molecule has 1 saturated heterocycles. The molecule has 2 aromatic rings. The van der Waals surface area contributed by atoms with E-state index >= 15 is 0 Å². The minimum atomic E-state index is 0.103. The van der Waals surface area contributed by atoms with Crippen molar-refractivity contribution in [2.45, 2.75) is 57.6 Å². The quantitative estimate of drug-likeness (QED) is 0.628. The average molecular weight is 419 g/mol. The largest absolute Gasteiger partial charge is 0.378 e. The van der Waals surface area contributed by atoms with Gasteiger partial charge in [-0.05, 0) is 56.6 Å². The van der Waals surface area contributed by atoms with Crippen LogP contribution in [0.2, 0.25) is 0 Å². The number of carbonyl (C=O) groups excluding carboxylic acids is 1. The Labute approximate surface area is 175 Å². The van der Waals surface area contributed by atoms with Crippen molar-refractivity contribution in [2.75, 3.05) is 26.2 Å². The number of piperidine rings is 1. The number of thiophene rings is 1. The highest BCUT2D eigenvalue weighted by molar-refractivity contribution is 7.13. The van der Waals surface area contributed by atoms with Gasteiger partial charge in [-0.1, -0.05) is 24.1 Å². The van der Waals surface area contributed by atoms with Gasteiger partial charge < -0.3 is 14.6 Å². The first-order chi connectivity index (χ1) is 14.3. The summed E-state index contributed by atoms with van der Waals surface area (Å²) < 4.78 is 11.2. The van der Waals surface area contributed by atoms with Crippen LogP contribution in [0.3, 0.4) is 0 Å². The number of hydrogen-bond donors (Lipinski definition) is 1. The van der Waals surface area contributed by atoms with E-state index in [2.05, 4.69) is 20.4 Å². The Morgan fingerprint density at radius 1 is 1.28 bits per heavy atom. The highest BCUT2D eigenvalue weighted by atomic mass is 32.1. The maximum atomic E-state index is 12.4. The van der Waals surface area contributed by atoms with Crippen molar-refractivity contribution in [3.05, 3.63) is 23.4 Å². The van der Waals surface area contributed by atoms with Gasteiger partial charge in [0.05, 0.1) is 17.5 Å². The SMILES string of the molecule is O=C(NCCCOC1CCCC1)C1CCN(Cc2nc(-c3cccs3)no2)CC1. The Morgan fingerprint density at radius 2 is 2.10 bits per heavy atom. The lowest BCUT2D eigenvalue weighted by Crippen LogP contribution is -2.40. The molecule has 0 atom stereocenters. The average Bonchev–Trinajstić information content (AvgIpc) is 3.50. The van der Waals surface area contributed by atoms with Crippen LogP contribution in [-0.2, 0) is 16.1 Å². The minimum absolute atomic E-state index is 0.103. The molecule has 7 nitrogen and oxygen atoms in total. The molecule has 1 amide bonds. The first-order valence-corrected chi connectivity index (χ1v) is 11.6. The molecule has 0 bridgehead atoms. The van der Waals surface area contributed by atoms with Gasteiger partial charge in [0.25, 0.3) is 0 Å². The number of hydrogen-bond acceptors (Lipinski definition) is 7. The minimum Gasteiger partial charge on any atom is -0.378 e. The predicted octanol–water partition coefficient (Wildman–Crippen LogP) is 3.48. The monoisotopic (exact) mass is 418 g/mol. The summed E-state index contributed by atoms with van der Waals surface area (Å²) in [5, 5.41) is 9.15. The first kappa shape index (κ1) is 20.5. The molecule has 0 spiro atoms. The lowest BCUT2D eigenvalue weighted by molar-refractivity contribution is -0.126. The van der Waals surface area contributed by atoms with Gasteiger partial charge in [-0.15, -0.1) is 11.3 Å². The van der Waals surface area contributed by atoms with E-state index in [-0.39, 0.29) is 11.8 Å². The van der Waals surface area contributed by atoms with E-state index in [0.717, 1.165) is 43.8 Å². The molecule has 1 saturated carbocycles. The third-order valence-corrected chi connectivity index (χ3v) is 6.67. The molecular formula is C21H30N4O3S. The number of ether oxygens (including phenoxy) is 1. The molecule has 8 heteroatoms. The molecule has 1 aliphatic carbocycles. The van der Waals surface area contributed by atoms with Crippen molar-refractivity contribution in [1.29, 1.82) is 0 Å². The van der Waals surface area contributed by atoms with Crippen molar-refractivity contribution < 1.29 is 14.1 Å². The summed E-state index contributed by atoms with van der Waals surface area (Å²) in [6.07, 6.45) is 8.07. The fourth-order valence-electron chi connectivity index (χ4n) is 4.10. The van der Waals surface area contributed by atoms with Crippen LogP contribution >= 0.6 is 11.3 Å². The number of carbonyl (C=O) groups is 1. The van der Waals surface area contributed by atoms with Crippen LogP contribution in [0.15, 0.2) is 22.0 Å². The van der Waals surface area contributed by atoms with Crippen molar-refractivity contribution >= 4 is 17.2 Å². The third-order valence-electron chi connectivity index (χ3n) is 5.80. The standard InChI is InChI=1S/C21H30N4O3S/c26-21(22-10-4-13-27-17-5-1-2-6-17)16-8-11-25(12-9-16)15-19-23-20(24-28-19)18-7-3-14-29-18/h3,7,14,16-17H,1-2,4-6,8-13,15H2,(H,22,26). The molecule has 2 aromatic heterocycles. The zero-order valence-corrected chi connectivity index (χ0v) is 17.7. The van der Waals surface area contributed by atoms with E-state index in [0.29, 0.717) is 30.9 Å². The summed E-state index contributed by atoms with van der Waals surface area (Å²) in [6, 6.07) is 3.97. The number of aromatic nitrogens is 2. The van der Waals surface area contributed by atoms with Crippen LogP contribution in [-0.4, -0.2) is 53.3 Å². The molecule has 0 unspecified atom stereocenters. The van der Waals surface area contributed by atoms with Gasteiger partial charge in [0.2, 0.25) is 17.6 Å². The van der Waals surface area contributed by atoms with Crippen LogP contribution in [0.25, 0.3) is 10.7 Å². The maximum Gasteiger partial charge on any atom is 0.241 e.